The molecule has 2 unspecified atom stereocenters. The average molecular weight is 496 g/mol. The molecule has 0 bridgehead atoms. The maximum atomic E-state index is 12.2. The van der Waals surface area contributed by atoms with Crippen molar-refractivity contribution in [1.82, 2.24) is 9.55 Å². The summed E-state index contributed by atoms with van der Waals surface area (Å²) >= 11 is 0. The van der Waals surface area contributed by atoms with E-state index in [-0.39, 0.29) is 5.75 Å². The van der Waals surface area contributed by atoms with Gasteiger partial charge in [0, 0.05) is 0 Å². The molecule has 1 aromatic heterocycles. The third-order valence-corrected chi connectivity index (χ3v) is 9.14. The first-order valence-corrected chi connectivity index (χ1v) is 12.2. The molecule has 0 radical (unpaired) electrons. The van der Waals surface area contributed by atoms with Crippen LogP contribution in [0.15, 0.2) is 15.8 Å². The highest BCUT2D eigenvalue weighted by Crippen LogP contribution is 2.80. The molecular weight excluding hydrogens is 481 g/mol. The Labute approximate surface area is 165 Å². The zero-order valence-corrected chi connectivity index (χ0v) is 17.3. The van der Waals surface area contributed by atoms with E-state index in [1.165, 1.54) is 0 Å². The number of hydrogen-bond acceptors (Lipinski definition) is 13. The number of aliphatic hydroxyl groups is 2. The maximum Gasteiger partial charge on any atom is 0.492 e. The molecule has 5 N–H and O–H groups in total. The molecule has 6 atom stereocenters. The molecule has 20 heteroatoms. The third kappa shape index (κ3) is 4.83. The largest absolute Gasteiger partial charge is 0.492 e. The predicted octanol–water partition coefficient (Wildman–Crippen LogP) is -1.45. The van der Waals surface area contributed by atoms with Crippen molar-refractivity contribution in [3.8, 4) is 5.75 Å². The van der Waals surface area contributed by atoms with E-state index in [0.717, 1.165) is 13.3 Å². The number of hydrogen-bond donors (Lipinski definition) is 5. The van der Waals surface area contributed by atoms with Crippen molar-refractivity contribution in [2.45, 2.75) is 24.5 Å². The van der Waals surface area contributed by atoms with E-state index < -0.39 is 65.9 Å². The van der Waals surface area contributed by atoms with E-state index in [1.807, 2.05) is 4.98 Å². The lowest BCUT2D eigenvalue weighted by Gasteiger charge is -2.27. The second-order valence-corrected chi connectivity index (χ2v) is 10.8. The lowest BCUT2D eigenvalue weighted by molar-refractivity contribution is -0.0547. The van der Waals surface area contributed by atoms with Gasteiger partial charge in [0.2, 0.25) is 5.75 Å². The number of ether oxygens (including phenoxy) is 2. The van der Waals surface area contributed by atoms with E-state index in [1.54, 1.807) is 0 Å². The van der Waals surface area contributed by atoms with Crippen LogP contribution in [0.2, 0.25) is 0 Å². The lowest BCUT2D eigenvalue weighted by Crippen LogP contribution is -2.38. The van der Waals surface area contributed by atoms with E-state index in [0.29, 0.717) is 4.57 Å². The van der Waals surface area contributed by atoms with Gasteiger partial charge in [0.1, 0.15) is 18.3 Å². The van der Waals surface area contributed by atoms with Crippen molar-refractivity contribution >= 4 is 23.5 Å². The summed E-state index contributed by atoms with van der Waals surface area (Å²) in [5, 5.41) is 20.3. The van der Waals surface area contributed by atoms with Gasteiger partial charge in [-0.2, -0.15) is 12.9 Å². The van der Waals surface area contributed by atoms with Gasteiger partial charge in [-0.3, -0.25) is 18.9 Å². The van der Waals surface area contributed by atoms with Crippen LogP contribution < -0.4 is 16.0 Å². The summed E-state index contributed by atoms with van der Waals surface area (Å²) in [6, 6.07) is 0. The number of aromatic amines is 1. The Morgan fingerprint density at radius 1 is 1.10 bits per heavy atom. The molecule has 0 spiro atoms. The van der Waals surface area contributed by atoms with Gasteiger partial charge < -0.3 is 29.5 Å². The molecular formula is C10H15N2O15P3. The van der Waals surface area contributed by atoms with Crippen molar-refractivity contribution in [2.24, 2.45) is 0 Å². The second kappa shape index (κ2) is 8.06. The minimum absolute atomic E-state index is 0.314. The zero-order chi connectivity index (χ0) is 22.5. The summed E-state index contributed by atoms with van der Waals surface area (Å²) in [6.07, 6.45) is -5.74. The number of nitrogens with zero attached hydrogens (tertiary/aromatic N) is 1. The van der Waals surface area contributed by atoms with Gasteiger partial charge in [-0.15, -0.1) is 0 Å². The SMILES string of the molecule is COc1cn([C@@H]2O[C@H](COP3(=O)OP(=O)(O)OP(=O)(O)O3)[C@@H](O)[C@H]2O)c(=O)[nH]c1=O. The van der Waals surface area contributed by atoms with Crippen LogP contribution in [0.1, 0.15) is 6.23 Å². The van der Waals surface area contributed by atoms with Crippen molar-refractivity contribution < 1.29 is 60.6 Å². The monoisotopic (exact) mass is 496 g/mol. The Kier molecular flexibility index (Phi) is 6.30. The Balaban J connectivity index is 1.78. The van der Waals surface area contributed by atoms with E-state index in [9.17, 15) is 43.3 Å². The zero-order valence-electron chi connectivity index (χ0n) is 14.7. The fourth-order valence-corrected chi connectivity index (χ4v) is 7.47. The number of methoxy groups -OCH3 is 1. The molecule has 3 heterocycles. The fraction of sp³-hybridized carbons (Fsp3) is 0.600. The smallest absolute Gasteiger partial charge is 0.490 e. The molecule has 17 nitrogen and oxygen atoms in total. The number of aromatic nitrogens is 2. The number of rotatable bonds is 5. The highest BCUT2D eigenvalue weighted by atomic mass is 31.3. The highest BCUT2D eigenvalue weighted by Gasteiger charge is 2.55. The molecule has 0 aromatic carbocycles. The van der Waals surface area contributed by atoms with Crippen molar-refractivity contribution in [1.29, 1.82) is 0 Å². The highest BCUT2D eigenvalue weighted by molar-refractivity contribution is 7.74. The molecule has 170 valence electrons. The maximum absolute atomic E-state index is 12.2. The Morgan fingerprint density at radius 2 is 1.70 bits per heavy atom. The summed E-state index contributed by atoms with van der Waals surface area (Å²) in [6.45, 7) is -0.957. The molecule has 3 rings (SSSR count). The van der Waals surface area contributed by atoms with Crippen LogP contribution in [0.5, 0.6) is 5.75 Å². The van der Waals surface area contributed by atoms with Gasteiger partial charge in [0.25, 0.3) is 5.56 Å². The molecule has 0 amide bonds. The van der Waals surface area contributed by atoms with Crippen LogP contribution in [-0.4, -0.2) is 61.6 Å². The van der Waals surface area contributed by atoms with Crippen molar-refractivity contribution in [3.05, 3.63) is 27.0 Å². The summed E-state index contributed by atoms with van der Waals surface area (Å²) in [7, 11) is -14.5. The van der Waals surface area contributed by atoms with Gasteiger partial charge >= 0.3 is 29.2 Å². The Morgan fingerprint density at radius 3 is 2.27 bits per heavy atom. The van der Waals surface area contributed by atoms with Gasteiger partial charge in [0.15, 0.2) is 6.23 Å². The lowest BCUT2D eigenvalue weighted by atomic mass is 10.1. The number of nitrogens with one attached hydrogen (secondary N) is 1. The van der Waals surface area contributed by atoms with Gasteiger partial charge in [0.05, 0.1) is 19.9 Å². The molecule has 30 heavy (non-hydrogen) atoms. The fourth-order valence-electron chi connectivity index (χ4n) is 2.54. The van der Waals surface area contributed by atoms with Crippen LogP contribution in [0.4, 0.5) is 0 Å². The van der Waals surface area contributed by atoms with Gasteiger partial charge in [-0.25, -0.2) is 18.5 Å². The van der Waals surface area contributed by atoms with Crippen LogP contribution in [-0.2, 0) is 35.9 Å². The van der Waals surface area contributed by atoms with Crippen LogP contribution in [0, 0.1) is 0 Å². The summed E-state index contributed by atoms with van der Waals surface area (Å²) in [5.74, 6) is -0.314. The first-order valence-electron chi connectivity index (χ1n) is 7.71. The standard InChI is InChI=1S/C10H15N2O15P3/c1-22-4-2-12(10(16)11-8(4)15)9-7(14)6(13)5(24-9)3-23-30(21)26-28(17,18)25-29(19,20)27-30/h2,5-7,9,13-14H,3H2,1H3,(H,17,18)(H,19,20)(H,11,15,16)/t5-,6-,7-,9-/m1/s1. The topological polar surface area (TPSA) is 242 Å². The van der Waals surface area contributed by atoms with Crippen molar-refractivity contribution in [2.75, 3.05) is 13.7 Å². The van der Waals surface area contributed by atoms with Crippen molar-refractivity contribution in [3.63, 3.8) is 0 Å². The van der Waals surface area contributed by atoms with E-state index >= 15 is 0 Å². The van der Waals surface area contributed by atoms with Crippen LogP contribution in [0.25, 0.3) is 0 Å². The van der Waals surface area contributed by atoms with Gasteiger partial charge in [-0.05, 0) is 0 Å². The summed E-state index contributed by atoms with van der Waals surface area (Å²) in [4.78, 5) is 43.8. The molecule has 0 saturated carbocycles. The van der Waals surface area contributed by atoms with Gasteiger partial charge in [-0.1, -0.05) is 0 Å². The molecule has 0 aliphatic carbocycles. The Bertz CT molecular complexity index is 1050. The number of phosphoric acid groups is 3. The minimum Gasteiger partial charge on any atom is -0.490 e. The summed E-state index contributed by atoms with van der Waals surface area (Å²) < 4.78 is 62.1. The first-order chi connectivity index (χ1) is 13.8. The molecule has 1 aromatic rings. The number of H-pyrrole nitrogens is 1. The second-order valence-electron chi connectivity index (χ2n) is 5.84. The van der Waals surface area contributed by atoms with Crippen LogP contribution >= 0.6 is 23.5 Å². The number of aliphatic hydroxyl groups excluding tert-OH is 2. The molecule has 2 aliphatic rings. The predicted molar refractivity (Wildman–Crippen MR) is 90.3 cm³/mol. The first kappa shape index (κ1) is 23.5. The molecule has 2 fully saturated rings. The molecule has 2 aliphatic heterocycles. The van der Waals surface area contributed by atoms with Crippen LogP contribution in [0.3, 0.4) is 0 Å². The molecule has 2 saturated heterocycles. The average Bonchev–Trinajstić information content (AvgIpc) is 2.85. The Hall–Kier alpha value is -1.19. The normalized spacial score (nSPS) is 41.6. The summed E-state index contributed by atoms with van der Waals surface area (Å²) in [5.41, 5.74) is -1.88. The minimum atomic E-state index is -5.27. The third-order valence-electron chi connectivity index (χ3n) is 3.78. The van der Waals surface area contributed by atoms with E-state index in [2.05, 4.69) is 17.5 Å². The van der Waals surface area contributed by atoms with E-state index in [4.69, 9.17) is 9.47 Å². The quantitative estimate of drug-likeness (QED) is 0.293.